The van der Waals surface area contributed by atoms with E-state index >= 15 is 0 Å². The number of methoxy groups -OCH3 is 1. The Bertz CT molecular complexity index is 289. The van der Waals surface area contributed by atoms with Crippen LogP contribution in [0.3, 0.4) is 0 Å². The molecule has 1 aromatic rings. The molecule has 0 fully saturated rings. The fraction of sp³-hybridized carbons (Fsp3) is 0.500. The highest BCUT2D eigenvalue weighted by Gasteiger charge is 2.02. The van der Waals surface area contributed by atoms with Crippen LogP contribution in [0.25, 0.3) is 0 Å². The molecular weight excluding hydrogens is 188 g/mol. The molecule has 3 nitrogen and oxygen atoms in total. The van der Waals surface area contributed by atoms with Crippen molar-refractivity contribution >= 4 is 0 Å². The quantitative estimate of drug-likeness (QED) is 0.738. The van der Waals surface area contributed by atoms with Gasteiger partial charge in [0.05, 0.1) is 7.11 Å². The van der Waals surface area contributed by atoms with E-state index < -0.39 is 0 Å². The van der Waals surface area contributed by atoms with Crippen LogP contribution in [0.4, 0.5) is 0 Å². The molecule has 0 spiro atoms. The van der Waals surface area contributed by atoms with E-state index in [1.165, 1.54) is 5.56 Å². The number of ether oxygens (including phenoxy) is 1. The van der Waals surface area contributed by atoms with E-state index in [9.17, 15) is 0 Å². The number of rotatable bonds is 6. The summed E-state index contributed by atoms with van der Waals surface area (Å²) in [4.78, 5) is 0. The van der Waals surface area contributed by atoms with E-state index in [4.69, 9.17) is 10.5 Å². The van der Waals surface area contributed by atoms with Crippen LogP contribution in [0, 0.1) is 0 Å². The van der Waals surface area contributed by atoms with Gasteiger partial charge in [-0.25, -0.2) is 0 Å². The van der Waals surface area contributed by atoms with Crippen molar-refractivity contribution in [1.82, 2.24) is 5.32 Å². The molecule has 0 unspecified atom stereocenters. The minimum Gasteiger partial charge on any atom is -0.496 e. The third-order valence-electron chi connectivity index (χ3n) is 2.43. The molecule has 0 amide bonds. The molecule has 3 heteroatoms. The summed E-state index contributed by atoms with van der Waals surface area (Å²) in [6, 6.07) is 8.47. The van der Waals surface area contributed by atoms with Crippen LogP contribution in [0.1, 0.15) is 12.5 Å². The summed E-state index contributed by atoms with van der Waals surface area (Å²) >= 11 is 0. The van der Waals surface area contributed by atoms with Gasteiger partial charge in [-0.3, -0.25) is 0 Å². The Labute approximate surface area is 91.6 Å². The van der Waals surface area contributed by atoms with Gasteiger partial charge in [0.2, 0.25) is 0 Å². The molecule has 0 radical (unpaired) electrons. The van der Waals surface area contributed by atoms with Gasteiger partial charge in [-0.1, -0.05) is 18.2 Å². The van der Waals surface area contributed by atoms with Crippen LogP contribution in [0.5, 0.6) is 5.75 Å². The van der Waals surface area contributed by atoms with Crippen LogP contribution in [0.2, 0.25) is 0 Å². The van der Waals surface area contributed by atoms with Crippen molar-refractivity contribution in [2.24, 2.45) is 5.73 Å². The van der Waals surface area contributed by atoms with Gasteiger partial charge in [0, 0.05) is 12.6 Å². The predicted octanol–water partition coefficient (Wildman–Crippen LogP) is 1.17. The smallest absolute Gasteiger partial charge is 0.122 e. The number of hydrogen-bond donors (Lipinski definition) is 2. The number of nitrogens with one attached hydrogen (secondary N) is 1. The van der Waals surface area contributed by atoms with Gasteiger partial charge in [-0.15, -0.1) is 0 Å². The van der Waals surface area contributed by atoms with E-state index in [2.05, 4.69) is 18.3 Å². The average molecular weight is 208 g/mol. The SMILES string of the molecule is COc1ccccc1CCN[C@@H](C)CN. The van der Waals surface area contributed by atoms with Gasteiger partial charge >= 0.3 is 0 Å². The van der Waals surface area contributed by atoms with Crippen molar-refractivity contribution in [3.05, 3.63) is 29.8 Å². The van der Waals surface area contributed by atoms with E-state index in [1.807, 2.05) is 18.2 Å². The van der Waals surface area contributed by atoms with Gasteiger partial charge in [0.1, 0.15) is 5.75 Å². The first-order valence-electron chi connectivity index (χ1n) is 5.33. The normalized spacial score (nSPS) is 12.5. The Morgan fingerprint density at radius 3 is 2.80 bits per heavy atom. The largest absolute Gasteiger partial charge is 0.496 e. The van der Waals surface area contributed by atoms with Crippen molar-refractivity contribution in [3.8, 4) is 5.75 Å². The average Bonchev–Trinajstić information content (AvgIpc) is 2.29. The van der Waals surface area contributed by atoms with Gasteiger partial charge < -0.3 is 15.8 Å². The number of nitrogens with two attached hydrogens (primary N) is 1. The Kier molecular flexibility index (Phi) is 5.15. The molecule has 3 N–H and O–H groups in total. The predicted molar refractivity (Wildman–Crippen MR) is 63.2 cm³/mol. The Morgan fingerprint density at radius 2 is 2.13 bits per heavy atom. The lowest BCUT2D eigenvalue weighted by Gasteiger charge is -2.12. The van der Waals surface area contributed by atoms with Crippen molar-refractivity contribution < 1.29 is 4.74 Å². The molecule has 1 atom stereocenters. The van der Waals surface area contributed by atoms with Crippen molar-refractivity contribution in [2.45, 2.75) is 19.4 Å². The second-order valence-corrected chi connectivity index (χ2v) is 3.65. The molecule has 1 aromatic carbocycles. The van der Waals surface area contributed by atoms with Crippen molar-refractivity contribution in [3.63, 3.8) is 0 Å². The second-order valence-electron chi connectivity index (χ2n) is 3.65. The standard InChI is InChI=1S/C12H20N2O/c1-10(9-13)14-8-7-11-5-3-4-6-12(11)15-2/h3-6,10,14H,7-9,13H2,1-2H3/t10-/m0/s1. The van der Waals surface area contributed by atoms with Crippen molar-refractivity contribution in [1.29, 1.82) is 0 Å². The van der Waals surface area contributed by atoms with Crippen LogP contribution in [0.15, 0.2) is 24.3 Å². The van der Waals surface area contributed by atoms with Crippen LogP contribution in [-0.2, 0) is 6.42 Å². The second kappa shape index (κ2) is 6.43. The Balaban J connectivity index is 2.43. The fourth-order valence-corrected chi connectivity index (χ4v) is 1.45. The highest BCUT2D eigenvalue weighted by Crippen LogP contribution is 2.17. The zero-order chi connectivity index (χ0) is 11.1. The van der Waals surface area contributed by atoms with Gasteiger partial charge in [-0.05, 0) is 31.5 Å². The van der Waals surface area contributed by atoms with Gasteiger partial charge in [-0.2, -0.15) is 0 Å². The van der Waals surface area contributed by atoms with E-state index in [0.29, 0.717) is 12.6 Å². The molecular formula is C12H20N2O. The molecule has 0 saturated carbocycles. The van der Waals surface area contributed by atoms with Crippen LogP contribution in [-0.4, -0.2) is 26.2 Å². The van der Waals surface area contributed by atoms with Gasteiger partial charge in [0.25, 0.3) is 0 Å². The molecule has 84 valence electrons. The van der Waals surface area contributed by atoms with E-state index in [1.54, 1.807) is 7.11 Å². The molecule has 0 aromatic heterocycles. The maximum Gasteiger partial charge on any atom is 0.122 e. The highest BCUT2D eigenvalue weighted by molar-refractivity contribution is 5.33. The Morgan fingerprint density at radius 1 is 1.40 bits per heavy atom. The topological polar surface area (TPSA) is 47.3 Å². The monoisotopic (exact) mass is 208 g/mol. The first-order valence-corrected chi connectivity index (χ1v) is 5.33. The third kappa shape index (κ3) is 3.90. The molecule has 0 saturated heterocycles. The molecule has 1 rings (SSSR count). The summed E-state index contributed by atoms with van der Waals surface area (Å²) in [5.41, 5.74) is 6.75. The summed E-state index contributed by atoms with van der Waals surface area (Å²) in [5.74, 6) is 0.958. The Hall–Kier alpha value is -1.06. The summed E-state index contributed by atoms with van der Waals surface area (Å²) < 4.78 is 5.28. The zero-order valence-electron chi connectivity index (χ0n) is 9.49. The molecule has 15 heavy (non-hydrogen) atoms. The fourth-order valence-electron chi connectivity index (χ4n) is 1.45. The minimum atomic E-state index is 0.375. The number of para-hydroxylation sites is 1. The minimum absolute atomic E-state index is 0.375. The lowest BCUT2D eigenvalue weighted by Crippen LogP contribution is -2.34. The first-order chi connectivity index (χ1) is 7.27. The van der Waals surface area contributed by atoms with E-state index in [-0.39, 0.29) is 0 Å². The summed E-state index contributed by atoms with van der Waals surface area (Å²) in [7, 11) is 1.70. The van der Waals surface area contributed by atoms with Crippen molar-refractivity contribution in [2.75, 3.05) is 20.2 Å². The zero-order valence-corrected chi connectivity index (χ0v) is 9.49. The van der Waals surface area contributed by atoms with Crippen LogP contribution < -0.4 is 15.8 Å². The third-order valence-corrected chi connectivity index (χ3v) is 2.43. The molecule has 0 bridgehead atoms. The molecule has 0 aliphatic rings. The lowest BCUT2D eigenvalue weighted by atomic mass is 10.1. The van der Waals surface area contributed by atoms with Crippen LogP contribution >= 0.6 is 0 Å². The molecule has 0 heterocycles. The first kappa shape index (κ1) is 12.0. The highest BCUT2D eigenvalue weighted by atomic mass is 16.5. The van der Waals surface area contributed by atoms with Gasteiger partial charge in [0.15, 0.2) is 0 Å². The summed E-state index contributed by atoms with van der Waals surface area (Å²) in [6.07, 6.45) is 0.967. The number of hydrogen-bond acceptors (Lipinski definition) is 3. The molecule has 0 aliphatic carbocycles. The van der Waals surface area contributed by atoms with E-state index in [0.717, 1.165) is 18.7 Å². The lowest BCUT2D eigenvalue weighted by molar-refractivity contribution is 0.408. The maximum absolute atomic E-state index is 5.52. The summed E-state index contributed by atoms with van der Waals surface area (Å²) in [6.45, 7) is 3.69. The summed E-state index contributed by atoms with van der Waals surface area (Å²) in [5, 5.41) is 3.35. The maximum atomic E-state index is 5.52. The number of benzene rings is 1. The molecule has 0 aliphatic heterocycles.